The van der Waals surface area contributed by atoms with E-state index in [4.69, 9.17) is 18.9 Å². The summed E-state index contributed by atoms with van der Waals surface area (Å²) < 4.78 is 22.5. The number of nitrogens with zero attached hydrogens (tertiary/aromatic N) is 1. The Hall–Kier alpha value is -2.36. The number of methoxy groups -OCH3 is 3. The summed E-state index contributed by atoms with van der Waals surface area (Å²) in [6, 6.07) is 10.1. The molecule has 2 N–H and O–H groups in total. The van der Waals surface area contributed by atoms with Gasteiger partial charge in [-0.25, -0.2) is 0 Å². The molecule has 1 saturated carbocycles. The van der Waals surface area contributed by atoms with E-state index in [2.05, 4.69) is 40.7 Å². The van der Waals surface area contributed by atoms with Crippen LogP contribution in [0.1, 0.15) is 29.5 Å². The molecule has 0 atom stereocenters. The third kappa shape index (κ3) is 6.82. The number of hydrogen-bond acceptors (Lipinski definition) is 5. The number of nitrogens with one attached hydrogen (secondary N) is 2. The van der Waals surface area contributed by atoms with Gasteiger partial charge in [0.15, 0.2) is 17.5 Å². The van der Waals surface area contributed by atoms with Gasteiger partial charge in [0, 0.05) is 31.3 Å². The van der Waals surface area contributed by atoms with Gasteiger partial charge < -0.3 is 29.6 Å². The zero-order valence-corrected chi connectivity index (χ0v) is 21.8. The fourth-order valence-corrected chi connectivity index (χ4v) is 3.32. The number of benzene rings is 2. The molecule has 2 aromatic rings. The van der Waals surface area contributed by atoms with Crippen LogP contribution in [0.2, 0.25) is 0 Å². The summed E-state index contributed by atoms with van der Waals surface area (Å²) in [5, 5.41) is 6.70. The molecule has 0 unspecified atom stereocenters. The summed E-state index contributed by atoms with van der Waals surface area (Å²) >= 11 is 0. The molecule has 1 fully saturated rings. The van der Waals surface area contributed by atoms with Crippen LogP contribution in [-0.2, 0) is 13.1 Å². The molecule has 0 aromatic heterocycles. The molecule has 8 heteroatoms. The molecular formula is C24H34IN3O4. The van der Waals surface area contributed by atoms with Crippen LogP contribution in [0.4, 0.5) is 0 Å². The zero-order valence-electron chi connectivity index (χ0n) is 19.5. The molecule has 32 heavy (non-hydrogen) atoms. The lowest BCUT2D eigenvalue weighted by Crippen LogP contribution is -2.36. The van der Waals surface area contributed by atoms with Crippen molar-refractivity contribution >= 4 is 29.9 Å². The van der Waals surface area contributed by atoms with Crippen molar-refractivity contribution in [3.63, 3.8) is 0 Å². The van der Waals surface area contributed by atoms with Gasteiger partial charge in [-0.2, -0.15) is 0 Å². The summed E-state index contributed by atoms with van der Waals surface area (Å²) in [7, 11) is 6.58. The van der Waals surface area contributed by atoms with Crippen LogP contribution < -0.4 is 29.6 Å². The molecule has 0 amide bonds. The number of guanidine groups is 1. The Morgan fingerprint density at radius 1 is 0.906 bits per heavy atom. The molecule has 3 rings (SSSR count). The molecule has 0 saturated heterocycles. The Bertz CT molecular complexity index is 916. The van der Waals surface area contributed by atoms with Gasteiger partial charge >= 0.3 is 0 Å². The molecule has 7 nitrogen and oxygen atoms in total. The number of rotatable bonds is 10. The Balaban J connectivity index is 0.00000363. The minimum Gasteiger partial charge on any atom is -0.493 e. The number of halogens is 1. The summed E-state index contributed by atoms with van der Waals surface area (Å²) in [5.74, 6) is 4.18. The van der Waals surface area contributed by atoms with E-state index in [0.717, 1.165) is 23.5 Å². The quantitative estimate of drug-likeness (QED) is 0.259. The number of hydrogen-bond donors (Lipinski definition) is 2. The highest BCUT2D eigenvalue weighted by atomic mass is 127. The summed E-state index contributed by atoms with van der Waals surface area (Å²) in [4.78, 5) is 4.34. The van der Waals surface area contributed by atoms with E-state index in [1.54, 1.807) is 28.4 Å². The average molecular weight is 555 g/mol. The van der Waals surface area contributed by atoms with Gasteiger partial charge in [0.2, 0.25) is 5.75 Å². The molecule has 0 heterocycles. The van der Waals surface area contributed by atoms with Crippen LogP contribution in [0.15, 0.2) is 35.3 Å². The molecule has 0 radical (unpaired) electrons. The molecule has 0 aliphatic heterocycles. The second-order valence-corrected chi connectivity index (χ2v) is 7.64. The van der Waals surface area contributed by atoms with Crippen molar-refractivity contribution in [2.24, 2.45) is 10.9 Å². The minimum absolute atomic E-state index is 0. The molecule has 0 bridgehead atoms. The maximum absolute atomic E-state index is 6.07. The molecule has 1 aliphatic carbocycles. The van der Waals surface area contributed by atoms with Crippen molar-refractivity contribution in [3.05, 3.63) is 47.0 Å². The highest BCUT2D eigenvalue weighted by Crippen LogP contribution is 2.39. The molecule has 2 aromatic carbocycles. The predicted molar refractivity (Wildman–Crippen MR) is 138 cm³/mol. The lowest BCUT2D eigenvalue weighted by atomic mass is 10.1. The van der Waals surface area contributed by atoms with Crippen LogP contribution in [0, 0.1) is 12.8 Å². The Labute approximate surface area is 207 Å². The van der Waals surface area contributed by atoms with Crippen LogP contribution in [0.5, 0.6) is 23.0 Å². The first kappa shape index (κ1) is 25.9. The van der Waals surface area contributed by atoms with Crippen LogP contribution in [0.3, 0.4) is 0 Å². The van der Waals surface area contributed by atoms with Crippen molar-refractivity contribution in [1.29, 1.82) is 0 Å². The Morgan fingerprint density at radius 2 is 1.56 bits per heavy atom. The third-order valence-corrected chi connectivity index (χ3v) is 5.30. The number of aliphatic imine (C=N–C) groups is 1. The van der Waals surface area contributed by atoms with Crippen molar-refractivity contribution in [2.75, 3.05) is 35.0 Å². The first-order valence-corrected chi connectivity index (χ1v) is 10.5. The number of ether oxygens (including phenoxy) is 4. The van der Waals surface area contributed by atoms with E-state index in [0.29, 0.717) is 42.2 Å². The van der Waals surface area contributed by atoms with Crippen molar-refractivity contribution in [2.45, 2.75) is 32.9 Å². The van der Waals surface area contributed by atoms with Crippen molar-refractivity contribution in [1.82, 2.24) is 10.6 Å². The smallest absolute Gasteiger partial charge is 0.203 e. The van der Waals surface area contributed by atoms with E-state index < -0.39 is 0 Å². The highest BCUT2D eigenvalue weighted by molar-refractivity contribution is 14.0. The van der Waals surface area contributed by atoms with E-state index >= 15 is 0 Å². The maximum atomic E-state index is 6.07. The standard InChI is InChI=1S/C24H33N3O4.HI/c1-16-6-9-18(21(12-16)31-15-17-7-8-17)13-26-24(25-2)27-14-19-10-11-20(28-3)23(30-5)22(19)29-4;/h6,9-12,17H,7-8,13-15H2,1-5H3,(H2,25,26,27);1H. The normalized spacial score (nSPS) is 13.1. The van der Waals surface area contributed by atoms with Gasteiger partial charge in [-0.3, -0.25) is 4.99 Å². The zero-order chi connectivity index (χ0) is 22.2. The second kappa shape index (κ2) is 12.6. The monoisotopic (exact) mass is 555 g/mol. The third-order valence-electron chi connectivity index (χ3n) is 5.30. The van der Waals surface area contributed by atoms with Crippen LogP contribution in [-0.4, -0.2) is 40.9 Å². The van der Waals surface area contributed by atoms with Gasteiger partial charge in [-0.05, 0) is 49.4 Å². The van der Waals surface area contributed by atoms with Crippen LogP contribution >= 0.6 is 24.0 Å². The first-order chi connectivity index (χ1) is 15.1. The SMILES string of the molecule is CN=C(NCc1ccc(C)cc1OCC1CC1)NCc1ccc(OC)c(OC)c1OC.I. The summed E-state index contributed by atoms with van der Waals surface area (Å²) in [6.45, 7) is 4.01. The summed E-state index contributed by atoms with van der Waals surface area (Å²) in [5.41, 5.74) is 3.24. The molecular weight excluding hydrogens is 521 g/mol. The second-order valence-electron chi connectivity index (χ2n) is 7.64. The number of aryl methyl sites for hydroxylation is 1. The summed E-state index contributed by atoms with van der Waals surface area (Å²) in [6.07, 6.45) is 2.55. The van der Waals surface area contributed by atoms with Gasteiger partial charge in [-0.1, -0.05) is 12.1 Å². The van der Waals surface area contributed by atoms with E-state index in [-0.39, 0.29) is 24.0 Å². The first-order valence-electron chi connectivity index (χ1n) is 10.5. The fourth-order valence-electron chi connectivity index (χ4n) is 3.32. The molecule has 176 valence electrons. The Kier molecular flexibility index (Phi) is 10.2. The Morgan fingerprint density at radius 3 is 2.16 bits per heavy atom. The predicted octanol–water partition coefficient (Wildman–Crippen LogP) is 4.29. The van der Waals surface area contributed by atoms with E-state index in [1.807, 2.05) is 12.1 Å². The van der Waals surface area contributed by atoms with Gasteiger partial charge in [-0.15, -0.1) is 24.0 Å². The van der Waals surface area contributed by atoms with Crippen LogP contribution in [0.25, 0.3) is 0 Å². The largest absolute Gasteiger partial charge is 0.493 e. The maximum Gasteiger partial charge on any atom is 0.203 e. The lowest BCUT2D eigenvalue weighted by molar-refractivity contribution is 0.296. The van der Waals surface area contributed by atoms with Crippen molar-refractivity contribution in [3.8, 4) is 23.0 Å². The highest BCUT2D eigenvalue weighted by Gasteiger charge is 2.22. The topological polar surface area (TPSA) is 73.3 Å². The van der Waals surface area contributed by atoms with E-state index in [9.17, 15) is 0 Å². The minimum atomic E-state index is 0. The van der Waals surface area contributed by atoms with Gasteiger partial charge in [0.05, 0.1) is 27.9 Å². The average Bonchev–Trinajstić information content (AvgIpc) is 3.62. The van der Waals surface area contributed by atoms with Gasteiger partial charge in [0.25, 0.3) is 0 Å². The van der Waals surface area contributed by atoms with Crippen molar-refractivity contribution < 1.29 is 18.9 Å². The lowest BCUT2D eigenvalue weighted by Gasteiger charge is -2.18. The van der Waals surface area contributed by atoms with E-state index in [1.165, 1.54) is 18.4 Å². The fraction of sp³-hybridized carbons (Fsp3) is 0.458. The molecule has 0 spiro atoms. The van der Waals surface area contributed by atoms with Gasteiger partial charge in [0.1, 0.15) is 5.75 Å². The molecule has 1 aliphatic rings.